The Hall–Kier alpha value is 0.270. The van der Waals surface area contributed by atoms with Crippen LogP contribution in [0, 0.1) is 5.92 Å². The van der Waals surface area contributed by atoms with Gasteiger partial charge in [-0.05, 0) is 18.8 Å². The zero-order valence-electron chi connectivity index (χ0n) is 7.54. The second-order valence-electron chi connectivity index (χ2n) is 3.34. The number of rotatable bonds is 3. The molecule has 0 saturated carbocycles. The summed E-state index contributed by atoms with van der Waals surface area (Å²) < 4.78 is 5.43. The van der Waals surface area contributed by atoms with Crippen molar-refractivity contribution in [3.8, 4) is 0 Å². The molecule has 0 aromatic rings. The maximum atomic E-state index is 5.43. The molecule has 1 rings (SSSR count). The minimum absolute atomic E-state index is 0.641. The van der Waals surface area contributed by atoms with E-state index < -0.39 is 0 Å². The number of hydroxylamine groups is 2. The molecular weight excluding hydrogens is 158 g/mol. The highest BCUT2D eigenvalue weighted by molar-refractivity contribution is 7.93. The Balaban J connectivity index is 2.37. The first kappa shape index (κ1) is 9.36. The lowest BCUT2D eigenvalue weighted by molar-refractivity contribution is -0.0631. The maximum Gasteiger partial charge on any atom is 0.0388 e. The van der Waals surface area contributed by atoms with Crippen LogP contribution in [0.5, 0.6) is 0 Å². The summed E-state index contributed by atoms with van der Waals surface area (Å²) in [7, 11) is 0. The van der Waals surface area contributed by atoms with Crippen LogP contribution in [0.4, 0.5) is 0 Å². The summed E-state index contributed by atoms with van der Waals surface area (Å²) in [5.74, 6) is 0.713. The number of hydrogen-bond acceptors (Lipinski definition) is 3. The van der Waals surface area contributed by atoms with Gasteiger partial charge in [0, 0.05) is 30.9 Å². The number of hydrogen-bond donors (Lipinski definition) is 0. The highest BCUT2D eigenvalue weighted by Gasteiger charge is 2.27. The molecule has 0 aromatic carbocycles. The molecule has 66 valence electrons. The summed E-state index contributed by atoms with van der Waals surface area (Å²) in [6.07, 6.45) is 4.54. The Morgan fingerprint density at radius 2 is 2.27 bits per heavy atom. The molecule has 11 heavy (non-hydrogen) atoms. The zero-order valence-corrected chi connectivity index (χ0v) is 8.36. The summed E-state index contributed by atoms with van der Waals surface area (Å²) in [5, 5.41) is 2.12. The summed E-state index contributed by atoms with van der Waals surface area (Å²) in [6.45, 7) is 5.61. The Morgan fingerprint density at radius 3 is 2.82 bits per heavy atom. The molecule has 1 heterocycles. The fourth-order valence-electron chi connectivity index (χ4n) is 1.62. The van der Waals surface area contributed by atoms with E-state index in [-0.39, 0.29) is 0 Å². The lowest BCUT2D eigenvalue weighted by Crippen LogP contribution is -2.31. The van der Waals surface area contributed by atoms with E-state index in [4.69, 9.17) is 4.28 Å². The van der Waals surface area contributed by atoms with E-state index in [9.17, 15) is 0 Å². The van der Waals surface area contributed by atoms with Gasteiger partial charge in [0.2, 0.25) is 0 Å². The molecule has 0 bridgehead atoms. The van der Waals surface area contributed by atoms with Crippen LogP contribution in [0.3, 0.4) is 0 Å². The van der Waals surface area contributed by atoms with E-state index in [1.165, 1.54) is 24.9 Å². The van der Waals surface area contributed by atoms with Gasteiger partial charge >= 0.3 is 0 Å². The van der Waals surface area contributed by atoms with Crippen LogP contribution in [-0.2, 0) is 4.28 Å². The summed E-state index contributed by atoms with van der Waals surface area (Å²) in [4.78, 5) is 0. The molecular formula is C8H17NOS. The average molecular weight is 175 g/mol. The molecule has 1 saturated heterocycles. The first-order chi connectivity index (χ1) is 5.25. The smallest absolute Gasteiger partial charge is 0.0388 e. The average Bonchev–Trinajstić information content (AvgIpc) is 2.36. The Labute approximate surface area is 73.4 Å². The molecule has 0 spiro atoms. The van der Waals surface area contributed by atoms with Crippen LogP contribution in [-0.4, -0.2) is 23.9 Å². The normalized spacial score (nSPS) is 26.7. The van der Waals surface area contributed by atoms with Crippen molar-refractivity contribution in [1.82, 2.24) is 5.06 Å². The minimum Gasteiger partial charge on any atom is -0.229 e. The molecule has 1 fully saturated rings. The van der Waals surface area contributed by atoms with Gasteiger partial charge in [-0.15, -0.1) is 0 Å². The molecule has 0 amide bonds. The molecule has 1 unspecified atom stereocenters. The van der Waals surface area contributed by atoms with Crippen LogP contribution in [0.1, 0.15) is 26.7 Å². The van der Waals surface area contributed by atoms with E-state index in [1.807, 2.05) is 6.26 Å². The summed E-state index contributed by atoms with van der Waals surface area (Å²) in [5.41, 5.74) is 0. The van der Waals surface area contributed by atoms with E-state index in [2.05, 4.69) is 18.9 Å². The first-order valence-electron chi connectivity index (χ1n) is 4.23. The zero-order chi connectivity index (χ0) is 8.27. The van der Waals surface area contributed by atoms with Crippen molar-refractivity contribution >= 4 is 12.0 Å². The van der Waals surface area contributed by atoms with Gasteiger partial charge in [-0.1, -0.05) is 13.8 Å². The largest absolute Gasteiger partial charge is 0.229 e. The van der Waals surface area contributed by atoms with Gasteiger partial charge in [-0.25, -0.2) is 4.28 Å². The summed E-state index contributed by atoms with van der Waals surface area (Å²) in [6, 6.07) is 0.641. The van der Waals surface area contributed by atoms with Gasteiger partial charge in [0.05, 0.1) is 0 Å². The monoisotopic (exact) mass is 175 g/mol. The van der Waals surface area contributed by atoms with E-state index in [1.54, 1.807) is 0 Å². The fourth-order valence-corrected chi connectivity index (χ4v) is 2.00. The lowest BCUT2D eigenvalue weighted by atomic mass is 10.0. The molecule has 3 heteroatoms. The third-order valence-electron chi connectivity index (χ3n) is 2.19. The van der Waals surface area contributed by atoms with Crippen LogP contribution >= 0.6 is 12.0 Å². The Morgan fingerprint density at radius 1 is 1.55 bits per heavy atom. The quantitative estimate of drug-likeness (QED) is 0.611. The Bertz CT molecular complexity index is 119. The predicted octanol–water partition coefficient (Wildman–Crippen LogP) is 2.32. The lowest BCUT2D eigenvalue weighted by Gasteiger charge is -2.24. The molecule has 0 aromatic heterocycles. The maximum absolute atomic E-state index is 5.43. The molecule has 2 nitrogen and oxygen atoms in total. The highest BCUT2D eigenvalue weighted by Crippen LogP contribution is 2.25. The fraction of sp³-hybridized carbons (Fsp3) is 1.00. The van der Waals surface area contributed by atoms with Gasteiger partial charge in [-0.2, -0.15) is 5.06 Å². The van der Waals surface area contributed by atoms with Crippen LogP contribution in [0.15, 0.2) is 0 Å². The third-order valence-corrected chi connectivity index (χ3v) is 2.53. The van der Waals surface area contributed by atoms with Crippen molar-refractivity contribution in [2.24, 2.45) is 5.92 Å². The molecule has 0 aliphatic carbocycles. The van der Waals surface area contributed by atoms with Crippen LogP contribution in [0.25, 0.3) is 0 Å². The SMILES string of the molecule is CSON1CCCC1C(C)C. The van der Waals surface area contributed by atoms with Crippen LogP contribution in [0.2, 0.25) is 0 Å². The molecule has 1 aliphatic rings. The highest BCUT2D eigenvalue weighted by atomic mass is 32.2. The molecule has 1 aliphatic heterocycles. The second-order valence-corrected chi connectivity index (χ2v) is 3.82. The van der Waals surface area contributed by atoms with Crippen molar-refractivity contribution < 1.29 is 4.28 Å². The van der Waals surface area contributed by atoms with Gasteiger partial charge in [-0.3, -0.25) is 0 Å². The van der Waals surface area contributed by atoms with Crippen LogP contribution < -0.4 is 0 Å². The van der Waals surface area contributed by atoms with E-state index in [0.717, 1.165) is 6.54 Å². The van der Waals surface area contributed by atoms with Crippen molar-refractivity contribution in [3.05, 3.63) is 0 Å². The van der Waals surface area contributed by atoms with Gasteiger partial charge in [0.25, 0.3) is 0 Å². The predicted molar refractivity (Wildman–Crippen MR) is 49.2 cm³/mol. The minimum atomic E-state index is 0.641. The van der Waals surface area contributed by atoms with Crippen molar-refractivity contribution in [1.29, 1.82) is 0 Å². The standard InChI is InChI=1S/C8H17NOS/c1-7(2)8-5-4-6-9(8)10-11-3/h7-8H,4-6H2,1-3H3. The van der Waals surface area contributed by atoms with Gasteiger partial charge in [0.1, 0.15) is 0 Å². The van der Waals surface area contributed by atoms with Gasteiger partial charge < -0.3 is 0 Å². The van der Waals surface area contributed by atoms with Gasteiger partial charge in [0.15, 0.2) is 0 Å². The topological polar surface area (TPSA) is 12.5 Å². The molecule has 1 atom stereocenters. The summed E-state index contributed by atoms with van der Waals surface area (Å²) >= 11 is 1.45. The number of nitrogens with zero attached hydrogens (tertiary/aromatic N) is 1. The molecule has 0 N–H and O–H groups in total. The van der Waals surface area contributed by atoms with E-state index >= 15 is 0 Å². The Kier molecular flexibility index (Phi) is 3.69. The second kappa shape index (κ2) is 4.33. The first-order valence-corrected chi connectivity index (χ1v) is 5.38. The third kappa shape index (κ3) is 2.36. The van der Waals surface area contributed by atoms with Crippen molar-refractivity contribution in [3.63, 3.8) is 0 Å². The van der Waals surface area contributed by atoms with Crippen molar-refractivity contribution in [2.75, 3.05) is 12.8 Å². The molecule has 0 radical (unpaired) electrons. The van der Waals surface area contributed by atoms with Crippen molar-refractivity contribution in [2.45, 2.75) is 32.7 Å². The van der Waals surface area contributed by atoms with E-state index in [0.29, 0.717) is 12.0 Å².